The molecule has 0 atom stereocenters. The smallest absolute Gasteiger partial charge is 0.0714 e. The van der Waals surface area contributed by atoms with Crippen LogP contribution in [0.2, 0.25) is 0 Å². The zero-order valence-corrected chi connectivity index (χ0v) is 36.4. The van der Waals surface area contributed by atoms with Gasteiger partial charge in [-0.3, -0.25) is 0 Å². The highest BCUT2D eigenvalue weighted by Crippen LogP contribution is 2.59. The molecule has 11 aromatic rings. The molecule has 310 valence electrons. The summed E-state index contributed by atoms with van der Waals surface area (Å²) in [7, 11) is 0. The van der Waals surface area contributed by atoms with E-state index in [-0.39, 0.29) is 0 Å². The summed E-state index contributed by atoms with van der Waals surface area (Å²) >= 11 is 0. The predicted octanol–water partition coefficient (Wildman–Crippen LogP) is 17.3. The summed E-state index contributed by atoms with van der Waals surface area (Å²) in [5.74, 6) is 0. The Bertz CT molecular complexity index is 3460. The van der Waals surface area contributed by atoms with Crippen molar-refractivity contribution in [1.82, 2.24) is 0 Å². The van der Waals surface area contributed by atoms with Crippen molar-refractivity contribution in [3.8, 4) is 55.6 Å². The Morgan fingerprint density at radius 3 is 1.47 bits per heavy atom. The number of nitrogens with zero attached hydrogens (tertiary/aromatic N) is 1. The van der Waals surface area contributed by atoms with Crippen molar-refractivity contribution in [1.29, 1.82) is 0 Å². The van der Waals surface area contributed by atoms with Crippen LogP contribution >= 0.6 is 0 Å². The SMILES string of the molecule is c1ccc(-c2cccc(-c3cccc(N(c4ccc(-c5ccc(-c6cccc7ccccc67)cc5)cc4)c4cccc5c4-c4ccccc4C5(c4ccccc4)c4ccccc4)c3)c2)cc1. The number of anilines is 3. The largest absolute Gasteiger partial charge is 0.310 e. The maximum absolute atomic E-state index is 2.47. The molecule has 0 N–H and O–H groups in total. The number of hydrogen-bond acceptors (Lipinski definition) is 1. The van der Waals surface area contributed by atoms with Crippen LogP contribution in [0.15, 0.2) is 273 Å². The monoisotopic (exact) mass is 839 g/mol. The van der Waals surface area contributed by atoms with Gasteiger partial charge in [0.05, 0.1) is 11.1 Å². The summed E-state index contributed by atoms with van der Waals surface area (Å²) in [6.45, 7) is 0. The van der Waals surface area contributed by atoms with Gasteiger partial charge in [-0.05, 0) is 119 Å². The average molecular weight is 840 g/mol. The average Bonchev–Trinajstić information content (AvgIpc) is 3.71. The molecule has 0 aromatic heterocycles. The summed E-state index contributed by atoms with van der Waals surface area (Å²) in [6.07, 6.45) is 0. The third-order valence-corrected chi connectivity index (χ3v) is 13.6. The minimum Gasteiger partial charge on any atom is -0.310 e. The standard InChI is InChI=1S/C65H45N/c1-4-18-46(19-5-1)51-22-14-23-52(44-51)53-24-15-29-57(45-53)66(56-42-40-48(41-43-56)47-36-38-50(39-37-47)59-32-16-21-49-20-10-11-30-58(49)59)63-35-17-34-62-64(63)60-31-12-13-33-61(60)65(62,54-25-6-2-7-26-54)55-27-8-3-9-28-55/h1-45H. The van der Waals surface area contributed by atoms with Gasteiger partial charge in [0.15, 0.2) is 0 Å². The van der Waals surface area contributed by atoms with Crippen molar-refractivity contribution in [2.75, 3.05) is 4.90 Å². The predicted molar refractivity (Wildman–Crippen MR) is 278 cm³/mol. The van der Waals surface area contributed by atoms with E-state index in [0.29, 0.717) is 0 Å². The van der Waals surface area contributed by atoms with Crippen LogP contribution in [0.3, 0.4) is 0 Å². The Labute approximate surface area is 387 Å². The van der Waals surface area contributed by atoms with Gasteiger partial charge in [0.1, 0.15) is 0 Å². The molecule has 1 nitrogen and oxygen atoms in total. The number of hydrogen-bond donors (Lipinski definition) is 0. The Morgan fingerprint density at radius 2 is 0.742 bits per heavy atom. The van der Waals surface area contributed by atoms with E-state index >= 15 is 0 Å². The van der Waals surface area contributed by atoms with Crippen LogP contribution in [0.1, 0.15) is 22.3 Å². The van der Waals surface area contributed by atoms with Crippen molar-refractivity contribution in [3.63, 3.8) is 0 Å². The zero-order valence-electron chi connectivity index (χ0n) is 36.4. The molecule has 66 heavy (non-hydrogen) atoms. The highest BCUT2D eigenvalue weighted by atomic mass is 15.1. The van der Waals surface area contributed by atoms with Crippen LogP contribution in [0.5, 0.6) is 0 Å². The van der Waals surface area contributed by atoms with E-state index in [0.717, 1.165) is 22.6 Å². The van der Waals surface area contributed by atoms with Gasteiger partial charge in [0.25, 0.3) is 0 Å². The maximum atomic E-state index is 2.47. The van der Waals surface area contributed by atoms with E-state index < -0.39 is 5.41 Å². The first-order chi connectivity index (χ1) is 32.7. The highest BCUT2D eigenvalue weighted by molar-refractivity contribution is 5.99. The molecule has 0 bridgehead atoms. The van der Waals surface area contributed by atoms with E-state index in [9.17, 15) is 0 Å². The first-order valence-electron chi connectivity index (χ1n) is 22.8. The molecule has 0 saturated carbocycles. The highest BCUT2D eigenvalue weighted by Gasteiger charge is 2.47. The van der Waals surface area contributed by atoms with E-state index in [1.165, 1.54) is 83.1 Å². The van der Waals surface area contributed by atoms with Gasteiger partial charge in [-0.2, -0.15) is 0 Å². The molecule has 11 aromatic carbocycles. The lowest BCUT2D eigenvalue weighted by molar-refractivity contribution is 0.768. The van der Waals surface area contributed by atoms with E-state index in [2.05, 4.69) is 278 Å². The summed E-state index contributed by atoms with van der Waals surface area (Å²) in [4.78, 5) is 2.47. The number of benzene rings is 11. The summed E-state index contributed by atoms with van der Waals surface area (Å²) in [6, 6.07) is 100. The van der Waals surface area contributed by atoms with Crippen molar-refractivity contribution in [2.24, 2.45) is 0 Å². The van der Waals surface area contributed by atoms with Crippen LogP contribution in [0, 0.1) is 0 Å². The molecule has 0 saturated heterocycles. The quantitative estimate of drug-likeness (QED) is 0.140. The fourth-order valence-electron chi connectivity index (χ4n) is 10.5. The Balaban J connectivity index is 1.02. The number of rotatable bonds is 9. The minimum absolute atomic E-state index is 0.516. The van der Waals surface area contributed by atoms with E-state index in [1.807, 2.05) is 0 Å². The molecule has 1 aliphatic carbocycles. The molecule has 0 fully saturated rings. The molecule has 1 heteroatoms. The van der Waals surface area contributed by atoms with Gasteiger partial charge < -0.3 is 4.90 Å². The molecule has 0 radical (unpaired) electrons. The zero-order chi connectivity index (χ0) is 43.9. The van der Waals surface area contributed by atoms with Gasteiger partial charge in [0, 0.05) is 16.9 Å². The molecule has 0 amide bonds. The Morgan fingerprint density at radius 1 is 0.273 bits per heavy atom. The first-order valence-corrected chi connectivity index (χ1v) is 22.8. The third-order valence-electron chi connectivity index (χ3n) is 13.6. The second-order valence-electron chi connectivity index (χ2n) is 17.2. The van der Waals surface area contributed by atoms with Gasteiger partial charge in [-0.15, -0.1) is 0 Å². The van der Waals surface area contributed by atoms with Crippen molar-refractivity contribution in [3.05, 3.63) is 295 Å². The lowest BCUT2D eigenvalue weighted by atomic mass is 9.68. The molecular weight excluding hydrogens is 795 g/mol. The second-order valence-corrected chi connectivity index (χ2v) is 17.2. The lowest BCUT2D eigenvalue weighted by Crippen LogP contribution is -2.28. The molecular formula is C65H45N. The molecule has 1 aliphatic rings. The summed E-state index contributed by atoms with van der Waals surface area (Å²) in [5.41, 5.74) is 19.9. The summed E-state index contributed by atoms with van der Waals surface area (Å²) in [5, 5.41) is 2.52. The lowest BCUT2D eigenvalue weighted by Gasteiger charge is -2.34. The van der Waals surface area contributed by atoms with Crippen molar-refractivity contribution < 1.29 is 0 Å². The van der Waals surface area contributed by atoms with Crippen LogP contribution in [-0.2, 0) is 5.41 Å². The van der Waals surface area contributed by atoms with Crippen molar-refractivity contribution >= 4 is 27.8 Å². The van der Waals surface area contributed by atoms with Gasteiger partial charge in [0.2, 0.25) is 0 Å². The molecule has 0 spiro atoms. The van der Waals surface area contributed by atoms with E-state index in [1.54, 1.807) is 0 Å². The van der Waals surface area contributed by atoms with Crippen LogP contribution < -0.4 is 4.90 Å². The summed E-state index contributed by atoms with van der Waals surface area (Å²) < 4.78 is 0. The van der Waals surface area contributed by atoms with Gasteiger partial charge in [-0.25, -0.2) is 0 Å². The topological polar surface area (TPSA) is 3.24 Å². The molecule has 0 aliphatic heterocycles. The van der Waals surface area contributed by atoms with Crippen molar-refractivity contribution in [2.45, 2.75) is 5.41 Å². The van der Waals surface area contributed by atoms with Gasteiger partial charge in [-0.1, -0.05) is 237 Å². The molecule has 0 heterocycles. The maximum Gasteiger partial charge on any atom is 0.0714 e. The fourth-order valence-corrected chi connectivity index (χ4v) is 10.5. The molecule has 0 unspecified atom stereocenters. The van der Waals surface area contributed by atoms with Crippen LogP contribution in [-0.4, -0.2) is 0 Å². The second kappa shape index (κ2) is 16.6. The third kappa shape index (κ3) is 6.64. The minimum atomic E-state index is -0.516. The fraction of sp³-hybridized carbons (Fsp3) is 0.0154. The normalized spacial score (nSPS) is 12.4. The van der Waals surface area contributed by atoms with Crippen LogP contribution in [0.4, 0.5) is 17.1 Å². The molecule has 12 rings (SSSR count). The van der Waals surface area contributed by atoms with Crippen LogP contribution in [0.25, 0.3) is 66.4 Å². The Kier molecular flexibility index (Phi) is 9.81. The van der Waals surface area contributed by atoms with Gasteiger partial charge >= 0.3 is 0 Å². The first kappa shape index (κ1) is 39.1. The Hall–Kier alpha value is -8.52. The van der Waals surface area contributed by atoms with E-state index in [4.69, 9.17) is 0 Å². The number of fused-ring (bicyclic) bond motifs is 4.